The molecule has 4 N–H and O–H groups in total. The van der Waals surface area contributed by atoms with Crippen molar-refractivity contribution >= 4 is 35.3 Å². The molecule has 214 valence electrons. The number of hydrogen-bond donors (Lipinski definition) is 4. The molecule has 0 bridgehead atoms. The van der Waals surface area contributed by atoms with E-state index in [1.807, 2.05) is 24.3 Å². The summed E-state index contributed by atoms with van der Waals surface area (Å²) in [6, 6.07) is 21.0. The minimum atomic E-state index is -1.22. The van der Waals surface area contributed by atoms with E-state index < -0.39 is 36.4 Å². The van der Waals surface area contributed by atoms with E-state index in [2.05, 4.69) is 22.5 Å². The second-order valence-corrected chi connectivity index (χ2v) is 9.62. The lowest BCUT2D eigenvalue weighted by atomic mass is 10.0. The second kappa shape index (κ2) is 15.8. The number of rotatable bonds is 15. The number of aliphatic carboxylic acids is 1. The molecule has 3 rings (SSSR count). The van der Waals surface area contributed by atoms with Crippen LogP contribution in [0.4, 0.5) is 0 Å². The normalized spacial score (nSPS) is 11.9. The van der Waals surface area contributed by atoms with Crippen molar-refractivity contribution in [1.29, 1.82) is 0 Å². The molecular formula is C31H32ClN3O6. The molecule has 41 heavy (non-hydrogen) atoms. The van der Waals surface area contributed by atoms with Gasteiger partial charge in [0.1, 0.15) is 31.0 Å². The van der Waals surface area contributed by atoms with Crippen molar-refractivity contribution in [2.24, 2.45) is 0 Å². The van der Waals surface area contributed by atoms with E-state index in [1.54, 1.807) is 60.7 Å². The quantitative estimate of drug-likeness (QED) is 0.205. The van der Waals surface area contributed by atoms with Crippen LogP contribution in [-0.4, -0.2) is 54.0 Å². The van der Waals surface area contributed by atoms with Crippen LogP contribution in [0.3, 0.4) is 0 Å². The van der Waals surface area contributed by atoms with E-state index in [9.17, 15) is 19.2 Å². The number of amides is 3. The molecule has 10 heteroatoms. The van der Waals surface area contributed by atoms with Crippen molar-refractivity contribution < 1.29 is 29.0 Å². The zero-order valence-electron chi connectivity index (χ0n) is 22.3. The summed E-state index contributed by atoms with van der Waals surface area (Å²) in [7, 11) is 0. The highest BCUT2D eigenvalue weighted by Crippen LogP contribution is 2.26. The van der Waals surface area contributed by atoms with E-state index >= 15 is 0 Å². The monoisotopic (exact) mass is 577 g/mol. The summed E-state index contributed by atoms with van der Waals surface area (Å²) in [5.74, 6) is -2.43. The Bertz CT molecular complexity index is 1350. The van der Waals surface area contributed by atoms with Crippen molar-refractivity contribution in [1.82, 2.24) is 16.0 Å². The van der Waals surface area contributed by atoms with E-state index in [0.717, 1.165) is 11.1 Å². The summed E-state index contributed by atoms with van der Waals surface area (Å²) >= 11 is 6.37. The summed E-state index contributed by atoms with van der Waals surface area (Å²) in [5, 5.41) is 17.1. The Morgan fingerprint density at radius 3 is 2.05 bits per heavy atom. The molecule has 3 aromatic carbocycles. The van der Waals surface area contributed by atoms with Gasteiger partial charge >= 0.3 is 5.97 Å². The number of carboxylic acid groups (broad SMARTS) is 1. The molecule has 0 heterocycles. The highest BCUT2D eigenvalue weighted by atomic mass is 35.5. The van der Waals surface area contributed by atoms with Gasteiger partial charge in [0.25, 0.3) is 0 Å². The third-order valence-corrected chi connectivity index (χ3v) is 6.28. The average molecular weight is 578 g/mol. The van der Waals surface area contributed by atoms with Crippen LogP contribution < -0.4 is 20.7 Å². The fraction of sp³-hybridized carbons (Fsp3) is 0.226. The van der Waals surface area contributed by atoms with Crippen LogP contribution in [-0.2, 0) is 38.4 Å². The fourth-order valence-corrected chi connectivity index (χ4v) is 4.28. The van der Waals surface area contributed by atoms with Gasteiger partial charge in [-0.3, -0.25) is 19.2 Å². The highest BCUT2D eigenvalue weighted by Gasteiger charge is 2.28. The van der Waals surface area contributed by atoms with Gasteiger partial charge in [0, 0.05) is 12.8 Å². The first kappa shape index (κ1) is 30.9. The zero-order chi connectivity index (χ0) is 29.6. The van der Waals surface area contributed by atoms with Gasteiger partial charge < -0.3 is 25.8 Å². The first-order valence-corrected chi connectivity index (χ1v) is 13.3. The SMILES string of the molecule is C=CCOc1ccc(CC(NC(=O)Cc2ccccc2)C(=O)NC(Cc2ccccc2)C(=O)NCC(=O)O)cc1Cl. The molecule has 2 unspecified atom stereocenters. The molecule has 9 nitrogen and oxygen atoms in total. The number of nitrogens with one attached hydrogen (secondary N) is 3. The summed E-state index contributed by atoms with van der Waals surface area (Å²) in [5.41, 5.74) is 2.18. The standard InChI is InChI=1S/C31H32ClN3O6/c1-2-15-41-27-14-13-23(16-24(27)32)18-26(34-28(36)19-22-11-7-4-8-12-22)31(40)35-25(30(39)33-20-29(37)38)17-21-9-5-3-6-10-21/h2-14,16,25-26H,1,15,17-20H2,(H,33,39)(H,34,36)(H,35,40)(H,37,38). The maximum Gasteiger partial charge on any atom is 0.322 e. The third kappa shape index (κ3) is 10.5. The zero-order valence-corrected chi connectivity index (χ0v) is 23.1. The molecule has 0 saturated carbocycles. The van der Waals surface area contributed by atoms with Gasteiger partial charge in [-0.1, -0.05) is 91.0 Å². The molecule has 0 spiro atoms. The molecule has 0 aliphatic heterocycles. The number of hydrogen-bond acceptors (Lipinski definition) is 5. The van der Waals surface area contributed by atoms with Gasteiger partial charge in [0.2, 0.25) is 17.7 Å². The lowest BCUT2D eigenvalue weighted by Gasteiger charge is -2.23. The van der Waals surface area contributed by atoms with Gasteiger partial charge in [-0.15, -0.1) is 0 Å². The molecule has 0 radical (unpaired) electrons. The first-order valence-electron chi connectivity index (χ1n) is 12.9. The summed E-state index contributed by atoms with van der Waals surface area (Å²) in [6.45, 7) is 3.28. The molecule has 0 aromatic heterocycles. The largest absolute Gasteiger partial charge is 0.488 e. The number of carboxylic acids is 1. The maximum atomic E-state index is 13.6. The minimum Gasteiger partial charge on any atom is -0.488 e. The number of carbonyl (C=O) groups excluding carboxylic acids is 3. The van der Waals surface area contributed by atoms with Gasteiger partial charge in [-0.25, -0.2) is 0 Å². The third-order valence-electron chi connectivity index (χ3n) is 5.98. The summed E-state index contributed by atoms with van der Waals surface area (Å²) in [6.07, 6.45) is 1.82. The van der Waals surface area contributed by atoms with E-state index in [4.69, 9.17) is 21.4 Å². The van der Waals surface area contributed by atoms with Gasteiger partial charge in [0.05, 0.1) is 11.4 Å². The van der Waals surface area contributed by atoms with Crippen molar-refractivity contribution in [2.75, 3.05) is 13.2 Å². The van der Waals surface area contributed by atoms with Gasteiger partial charge in [-0.05, 0) is 28.8 Å². The van der Waals surface area contributed by atoms with Crippen LogP contribution in [0, 0.1) is 0 Å². The second-order valence-electron chi connectivity index (χ2n) is 9.21. The molecule has 3 amide bonds. The fourth-order valence-electron chi connectivity index (χ4n) is 4.03. The summed E-state index contributed by atoms with van der Waals surface area (Å²) in [4.78, 5) is 50.4. The van der Waals surface area contributed by atoms with Crippen LogP contribution in [0.2, 0.25) is 5.02 Å². The Kier molecular flexibility index (Phi) is 11.9. The van der Waals surface area contributed by atoms with Crippen LogP contribution in [0.25, 0.3) is 0 Å². The van der Waals surface area contributed by atoms with E-state index in [-0.39, 0.29) is 31.8 Å². The van der Waals surface area contributed by atoms with Crippen molar-refractivity contribution in [2.45, 2.75) is 31.3 Å². The Morgan fingerprint density at radius 2 is 1.44 bits per heavy atom. The molecule has 0 aliphatic carbocycles. The predicted molar refractivity (Wildman–Crippen MR) is 156 cm³/mol. The van der Waals surface area contributed by atoms with Crippen LogP contribution >= 0.6 is 11.6 Å². The van der Waals surface area contributed by atoms with Crippen LogP contribution in [0.1, 0.15) is 16.7 Å². The van der Waals surface area contributed by atoms with Crippen molar-refractivity contribution in [3.63, 3.8) is 0 Å². The average Bonchev–Trinajstić information content (AvgIpc) is 2.95. The van der Waals surface area contributed by atoms with Gasteiger partial charge in [-0.2, -0.15) is 0 Å². The smallest absolute Gasteiger partial charge is 0.322 e. The number of halogens is 1. The molecule has 2 atom stereocenters. The number of carbonyl (C=O) groups is 4. The van der Waals surface area contributed by atoms with Gasteiger partial charge in [0.15, 0.2) is 0 Å². The maximum absolute atomic E-state index is 13.6. The van der Waals surface area contributed by atoms with Crippen molar-refractivity contribution in [3.05, 3.63) is 113 Å². The number of ether oxygens (including phenoxy) is 1. The van der Waals surface area contributed by atoms with E-state index in [1.165, 1.54) is 0 Å². The topological polar surface area (TPSA) is 134 Å². The molecular weight excluding hydrogens is 546 g/mol. The lowest BCUT2D eigenvalue weighted by molar-refractivity contribution is -0.138. The Morgan fingerprint density at radius 1 is 0.829 bits per heavy atom. The molecule has 0 saturated heterocycles. The van der Waals surface area contributed by atoms with Crippen LogP contribution in [0.5, 0.6) is 5.75 Å². The Hall–Kier alpha value is -4.63. The highest BCUT2D eigenvalue weighted by molar-refractivity contribution is 6.32. The Balaban J connectivity index is 1.83. The molecule has 0 fully saturated rings. The molecule has 0 aliphatic rings. The first-order chi connectivity index (χ1) is 19.7. The predicted octanol–water partition coefficient (Wildman–Crippen LogP) is 3.10. The van der Waals surface area contributed by atoms with Crippen molar-refractivity contribution in [3.8, 4) is 5.75 Å². The Labute approximate surface area is 243 Å². The molecule has 3 aromatic rings. The van der Waals surface area contributed by atoms with Crippen LogP contribution in [0.15, 0.2) is 91.5 Å². The summed E-state index contributed by atoms with van der Waals surface area (Å²) < 4.78 is 5.51. The van der Waals surface area contributed by atoms with E-state index in [0.29, 0.717) is 16.3 Å². The lowest BCUT2D eigenvalue weighted by Crippen LogP contribution is -2.55. The number of benzene rings is 3. The minimum absolute atomic E-state index is 0.0479.